The van der Waals surface area contributed by atoms with Gasteiger partial charge in [0.2, 0.25) is 0 Å². The molecule has 0 saturated heterocycles. The van der Waals surface area contributed by atoms with Crippen LogP contribution < -0.4 is 0 Å². The molecule has 0 aromatic heterocycles. The van der Waals surface area contributed by atoms with Crippen LogP contribution in [0.2, 0.25) is 0 Å². The molecule has 84 valence electrons. The standard InChI is InChI=1S/2C3H6O4/c2*1-2(4)3(5)7-6/h2*2,4,6H,1H3. The second-order valence-electron chi connectivity index (χ2n) is 2.17. The van der Waals surface area contributed by atoms with E-state index >= 15 is 0 Å². The van der Waals surface area contributed by atoms with E-state index in [1.165, 1.54) is 13.8 Å². The minimum Gasteiger partial charge on any atom is -0.382 e. The van der Waals surface area contributed by atoms with Gasteiger partial charge >= 0.3 is 11.9 Å². The zero-order chi connectivity index (χ0) is 11.7. The van der Waals surface area contributed by atoms with Gasteiger partial charge < -0.3 is 10.2 Å². The molecule has 0 aliphatic heterocycles. The van der Waals surface area contributed by atoms with E-state index in [9.17, 15) is 9.59 Å². The van der Waals surface area contributed by atoms with Crippen molar-refractivity contribution in [2.45, 2.75) is 26.1 Å². The van der Waals surface area contributed by atoms with Gasteiger partial charge in [-0.05, 0) is 13.8 Å². The summed E-state index contributed by atoms with van der Waals surface area (Å²) in [6, 6.07) is 0. The van der Waals surface area contributed by atoms with Crippen molar-refractivity contribution in [3.05, 3.63) is 0 Å². The number of aliphatic hydroxyl groups excluding tert-OH is 2. The van der Waals surface area contributed by atoms with Crippen LogP contribution in [0.4, 0.5) is 0 Å². The molecule has 0 rings (SSSR count). The van der Waals surface area contributed by atoms with Gasteiger partial charge in [0.05, 0.1) is 0 Å². The average Bonchev–Trinajstić information content (AvgIpc) is 2.15. The molecule has 0 bridgehead atoms. The van der Waals surface area contributed by atoms with Crippen LogP contribution in [0.5, 0.6) is 0 Å². The monoisotopic (exact) mass is 212 g/mol. The Hall–Kier alpha value is -1.22. The van der Waals surface area contributed by atoms with Crippen molar-refractivity contribution < 1.29 is 40.1 Å². The van der Waals surface area contributed by atoms with Crippen molar-refractivity contribution in [3.8, 4) is 0 Å². The predicted molar refractivity (Wildman–Crippen MR) is 40.8 cm³/mol. The molecule has 8 nitrogen and oxygen atoms in total. The van der Waals surface area contributed by atoms with Gasteiger partial charge in [0.25, 0.3) is 0 Å². The van der Waals surface area contributed by atoms with Crippen molar-refractivity contribution in [3.63, 3.8) is 0 Å². The van der Waals surface area contributed by atoms with Crippen molar-refractivity contribution in [1.29, 1.82) is 0 Å². The maximum atomic E-state index is 9.79. The first kappa shape index (κ1) is 15.3. The minimum absolute atomic E-state index is 1.04. The molecule has 2 unspecified atom stereocenters. The number of hydrogen-bond donors (Lipinski definition) is 4. The fourth-order valence-corrected chi connectivity index (χ4v) is 0.153. The lowest BCUT2D eigenvalue weighted by atomic mass is 10.4. The summed E-state index contributed by atoms with van der Waals surface area (Å²) < 4.78 is 0. The Kier molecular flexibility index (Phi) is 9.14. The fourth-order valence-electron chi connectivity index (χ4n) is 0.153. The molecule has 0 radical (unpaired) electrons. The van der Waals surface area contributed by atoms with Crippen LogP contribution in [0.1, 0.15) is 13.8 Å². The molecule has 0 saturated carbocycles. The van der Waals surface area contributed by atoms with Crippen LogP contribution in [0.25, 0.3) is 0 Å². The number of aliphatic hydroxyl groups is 2. The Morgan fingerprint density at radius 2 is 1.14 bits per heavy atom. The molecule has 4 N–H and O–H groups in total. The van der Waals surface area contributed by atoms with E-state index in [1.807, 2.05) is 0 Å². The van der Waals surface area contributed by atoms with E-state index < -0.39 is 24.1 Å². The second kappa shape index (κ2) is 8.38. The Morgan fingerprint density at radius 1 is 0.929 bits per heavy atom. The molecule has 2 atom stereocenters. The molecule has 0 heterocycles. The summed E-state index contributed by atoms with van der Waals surface area (Å²) >= 11 is 0. The molecule has 0 aromatic rings. The van der Waals surface area contributed by atoms with E-state index in [0.29, 0.717) is 0 Å². The van der Waals surface area contributed by atoms with Crippen LogP contribution in [-0.2, 0) is 19.4 Å². The normalized spacial score (nSPS) is 13.0. The van der Waals surface area contributed by atoms with Crippen molar-refractivity contribution in [1.82, 2.24) is 0 Å². The third-order valence-corrected chi connectivity index (χ3v) is 0.862. The molecule has 0 amide bonds. The largest absolute Gasteiger partial charge is 0.382 e. The number of carbonyl (C=O) groups is 2. The lowest BCUT2D eigenvalue weighted by Gasteiger charge is -1.94. The molecule has 14 heavy (non-hydrogen) atoms. The topological polar surface area (TPSA) is 134 Å². The average molecular weight is 212 g/mol. The lowest BCUT2D eigenvalue weighted by Crippen LogP contribution is -2.17. The number of rotatable bonds is 2. The van der Waals surface area contributed by atoms with Crippen molar-refractivity contribution >= 4 is 11.9 Å². The maximum Gasteiger partial charge on any atom is 0.369 e. The van der Waals surface area contributed by atoms with E-state index in [2.05, 4.69) is 9.78 Å². The van der Waals surface area contributed by atoms with E-state index in [0.717, 1.165) is 0 Å². The summed E-state index contributed by atoms with van der Waals surface area (Å²) in [5.41, 5.74) is 0. The van der Waals surface area contributed by atoms with Gasteiger partial charge in [0.1, 0.15) is 0 Å². The summed E-state index contributed by atoms with van der Waals surface area (Å²) in [6.07, 6.45) is -2.49. The highest BCUT2D eigenvalue weighted by molar-refractivity contribution is 5.73. The first-order chi connectivity index (χ1) is 6.36. The first-order valence-electron chi connectivity index (χ1n) is 3.43. The highest BCUT2D eigenvalue weighted by Gasteiger charge is 2.08. The molecule has 0 aliphatic carbocycles. The van der Waals surface area contributed by atoms with Gasteiger partial charge in [-0.3, -0.25) is 9.78 Å². The van der Waals surface area contributed by atoms with Crippen molar-refractivity contribution in [2.75, 3.05) is 0 Å². The number of carbonyl (C=O) groups excluding carboxylic acids is 2. The van der Waals surface area contributed by atoms with Crippen LogP contribution >= 0.6 is 0 Å². The SMILES string of the molecule is CC(O)C(=O)OO.CC(O)C(=O)OO. The second-order valence-corrected chi connectivity index (χ2v) is 2.17. The molecule has 8 heteroatoms. The van der Waals surface area contributed by atoms with E-state index in [-0.39, 0.29) is 0 Å². The Labute approximate surface area is 79.2 Å². The quantitative estimate of drug-likeness (QED) is 0.330. The van der Waals surface area contributed by atoms with E-state index in [4.69, 9.17) is 20.7 Å². The van der Waals surface area contributed by atoms with Gasteiger partial charge in [0.15, 0.2) is 12.2 Å². The predicted octanol–water partition coefficient (Wildman–Crippen LogP) is -1.23. The smallest absolute Gasteiger partial charge is 0.369 e. The highest BCUT2D eigenvalue weighted by atomic mass is 17.1. The summed E-state index contributed by atoms with van der Waals surface area (Å²) in [4.78, 5) is 25.8. The molecule has 0 fully saturated rings. The lowest BCUT2D eigenvalue weighted by molar-refractivity contribution is -0.241. The molecular weight excluding hydrogens is 200 g/mol. The molecule has 0 spiro atoms. The fraction of sp³-hybridized carbons (Fsp3) is 0.667. The first-order valence-corrected chi connectivity index (χ1v) is 3.43. The Balaban J connectivity index is 0. The summed E-state index contributed by atoms with van der Waals surface area (Å²) in [7, 11) is 0. The summed E-state index contributed by atoms with van der Waals surface area (Å²) in [6.45, 7) is 2.39. The zero-order valence-corrected chi connectivity index (χ0v) is 7.58. The van der Waals surface area contributed by atoms with Crippen LogP contribution in [-0.4, -0.2) is 44.9 Å². The minimum atomic E-state index is -1.25. The van der Waals surface area contributed by atoms with Gasteiger partial charge in [-0.2, -0.15) is 10.5 Å². The third-order valence-electron chi connectivity index (χ3n) is 0.862. The van der Waals surface area contributed by atoms with Gasteiger partial charge in [-0.15, -0.1) is 0 Å². The maximum absolute atomic E-state index is 9.79. The van der Waals surface area contributed by atoms with Gasteiger partial charge in [0, 0.05) is 0 Å². The Bertz CT molecular complexity index is 155. The van der Waals surface area contributed by atoms with Crippen LogP contribution in [0, 0.1) is 0 Å². The summed E-state index contributed by atoms with van der Waals surface area (Å²) in [5, 5.41) is 31.4. The molecule has 0 aromatic carbocycles. The number of hydrogen-bond acceptors (Lipinski definition) is 8. The van der Waals surface area contributed by atoms with Gasteiger partial charge in [-0.25, -0.2) is 9.59 Å². The molecular formula is C6H12O8. The van der Waals surface area contributed by atoms with Crippen LogP contribution in [0.3, 0.4) is 0 Å². The summed E-state index contributed by atoms with van der Waals surface area (Å²) in [5.74, 6) is -2.08. The van der Waals surface area contributed by atoms with Gasteiger partial charge in [-0.1, -0.05) is 0 Å². The Morgan fingerprint density at radius 3 is 1.14 bits per heavy atom. The zero-order valence-electron chi connectivity index (χ0n) is 7.58. The van der Waals surface area contributed by atoms with Crippen molar-refractivity contribution in [2.24, 2.45) is 0 Å². The third kappa shape index (κ3) is 8.87. The van der Waals surface area contributed by atoms with Crippen LogP contribution in [0.15, 0.2) is 0 Å². The van der Waals surface area contributed by atoms with E-state index in [1.54, 1.807) is 0 Å². The molecule has 0 aliphatic rings. The highest BCUT2D eigenvalue weighted by Crippen LogP contribution is 1.80.